The van der Waals surface area contributed by atoms with E-state index in [0.717, 1.165) is 103 Å². The molecule has 0 heterocycles. The Hall–Kier alpha value is -3.41. The van der Waals surface area contributed by atoms with Gasteiger partial charge in [0.2, 0.25) is 0 Å². The second-order valence-electron chi connectivity index (χ2n) is 17.1. The number of hydrogen-bond acceptors (Lipinski definition) is 6. The van der Waals surface area contributed by atoms with E-state index in [9.17, 15) is 14.4 Å². The lowest BCUT2D eigenvalue weighted by Crippen LogP contribution is -2.30. The van der Waals surface area contributed by atoms with Crippen LogP contribution >= 0.6 is 0 Å². The van der Waals surface area contributed by atoms with Gasteiger partial charge in [-0.2, -0.15) is 0 Å². The van der Waals surface area contributed by atoms with Gasteiger partial charge in [0.05, 0.1) is 0 Å². The number of carbonyl (C=O) groups excluding carboxylic acids is 3. The van der Waals surface area contributed by atoms with Crippen molar-refractivity contribution in [3.8, 4) is 0 Å². The number of rotatable bonds is 46. The molecule has 6 heteroatoms. The Morgan fingerprint density at radius 3 is 1.06 bits per heavy atom. The topological polar surface area (TPSA) is 78.9 Å². The average molecular weight is 877 g/mol. The molecule has 63 heavy (non-hydrogen) atoms. The van der Waals surface area contributed by atoms with Crippen LogP contribution in [0.1, 0.15) is 239 Å². The molecule has 0 fully saturated rings. The largest absolute Gasteiger partial charge is 0.462 e. The molecular weight excluding hydrogens is 781 g/mol. The van der Waals surface area contributed by atoms with E-state index < -0.39 is 6.10 Å². The molecular formula is C57H96O6. The molecule has 0 bridgehead atoms. The zero-order valence-electron chi connectivity index (χ0n) is 41.1. The summed E-state index contributed by atoms with van der Waals surface area (Å²) in [6.07, 6.45) is 65.7. The minimum Gasteiger partial charge on any atom is -0.462 e. The van der Waals surface area contributed by atoms with Crippen LogP contribution in [0.4, 0.5) is 0 Å². The molecule has 360 valence electrons. The van der Waals surface area contributed by atoms with E-state index in [1.165, 1.54) is 89.9 Å². The zero-order chi connectivity index (χ0) is 45.8. The van der Waals surface area contributed by atoms with Gasteiger partial charge in [0.1, 0.15) is 13.2 Å². The normalized spacial score (nSPS) is 12.7. The van der Waals surface area contributed by atoms with Crippen LogP contribution in [0.3, 0.4) is 0 Å². The molecule has 0 radical (unpaired) electrons. The standard InChI is InChI=1S/C57H96O6/c1-4-7-10-13-16-19-22-25-27-28-30-32-35-38-41-44-47-50-56(59)62-53-54(52-61-55(58)49-46-43-40-37-34-31-24-21-18-15-12-9-6-3)63-57(60)51-48-45-42-39-36-33-29-26-23-20-17-14-11-8-5-2/h8,11,16-17,19-20,25-27,29-30,32,38,41,54H,4-7,9-10,12-15,18,21-24,28,31,33-37,39-40,42-53H2,1-3H3/b11-8+,19-16+,20-17+,27-25+,29-26+,32-30+,41-38+/t54-/m1/s1. The predicted molar refractivity (Wildman–Crippen MR) is 270 cm³/mol. The van der Waals surface area contributed by atoms with Crippen LogP contribution in [0.5, 0.6) is 0 Å². The highest BCUT2D eigenvalue weighted by Crippen LogP contribution is 2.14. The Bertz CT molecular complexity index is 1240. The number of carbonyl (C=O) groups is 3. The molecule has 0 aliphatic rings. The van der Waals surface area contributed by atoms with Crippen LogP contribution in [-0.4, -0.2) is 37.2 Å². The highest BCUT2D eigenvalue weighted by atomic mass is 16.6. The van der Waals surface area contributed by atoms with E-state index >= 15 is 0 Å². The Kier molecular flexibility index (Phi) is 48.5. The second-order valence-corrected chi connectivity index (χ2v) is 17.1. The molecule has 0 unspecified atom stereocenters. The molecule has 0 N–H and O–H groups in total. The van der Waals surface area contributed by atoms with Gasteiger partial charge >= 0.3 is 17.9 Å². The number of hydrogen-bond donors (Lipinski definition) is 0. The lowest BCUT2D eigenvalue weighted by atomic mass is 10.0. The maximum absolute atomic E-state index is 12.8. The van der Waals surface area contributed by atoms with Crippen molar-refractivity contribution in [3.63, 3.8) is 0 Å². The minimum absolute atomic E-state index is 0.0995. The third-order valence-electron chi connectivity index (χ3n) is 10.9. The van der Waals surface area contributed by atoms with Crippen molar-refractivity contribution in [3.05, 3.63) is 85.1 Å². The second kappa shape index (κ2) is 51.2. The van der Waals surface area contributed by atoms with Gasteiger partial charge in [-0.1, -0.05) is 215 Å². The highest BCUT2D eigenvalue weighted by molar-refractivity contribution is 5.71. The fraction of sp³-hybridized carbons (Fsp3) is 0.702. The van der Waals surface area contributed by atoms with E-state index in [-0.39, 0.29) is 37.5 Å². The smallest absolute Gasteiger partial charge is 0.306 e. The summed E-state index contributed by atoms with van der Waals surface area (Å²) < 4.78 is 16.7. The summed E-state index contributed by atoms with van der Waals surface area (Å²) in [7, 11) is 0. The van der Waals surface area contributed by atoms with Gasteiger partial charge in [0.25, 0.3) is 0 Å². The first-order chi connectivity index (χ1) is 31.0. The summed E-state index contributed by atoms with van der Waals surface area (Å²) in [6.45, 7) is 6.43. The van der Waals surface area contributed by atoms with E-state index in [2.05, 4.69) is 106 Å². The molecule has 0 amide bonds. The van der Waals surface area contributed by atoms with Crippen LogP contribution < -0.4 is 0 Å². The lowest BCUT2D eigenvalue weighted by molar-refractivity contribution is -0.167. The van der Waals surface area contributed by atoms with E-state index in [0.29, 0.717) is 19.3 Å². The predicted octanol–water partition coefficient (Wildman–Crippen LogP) is 17.2. The number of allylic oxidation sites excluding steroid dienone is 14. The molecule has 0 rings (SSSR count). The van der Waals surface area contributed by atoms with E-state index in [1.54, 1.807) is 0 Å². The summed E-state index contributed by atoms with van der Waals surface area (Å²) in [4.78, 5) is 38.0. The van der Waals surface area contributed by atoms with Crippen molar-refractivity contribution in [1.82, 2.24) is 0 Å². The van der Waals surface area contributed by atoms with Gasteiger partial charge in [-0.25, -0.2) is 0 Å². The van der Waals surface area contributed by atoms with Gasteiger partial charge in [-0.15, -0.1) is 0 Å². The molecule has 0 saturated carbocycles. The van der Waals surface area contributed by atoms with Gasteiger partial charge in [-0.05, 0) is 89.9 Å². The van der Waals surface area contributed by atoms with Gasteiger partial charge in [0, 0.05) is 19.3 Å². The molecule has 0 aliphatic carbocycles. The zero-order valence-corrected chi connectivity index (χ0v) is 41.1. The van der Waals surface area contributed by atoms with Gasteiger partial charge < -0.3 is 14.2 Å². The minimum atomic E-state index is -0.806. The van der Waals surface area contributed by atoms with Crippen molar-refractivity contribution in [1.29, 1.82) is 0 Å². The van der Waals surface area contributed by atoms with Crippen LogP contribution in [0.25, 0.3) is 0 Å². The molecule has 0 saturated heterocycles. The summed E-state index contributed by atoms with van der Waals surface area (Å²) in [6, 6.07) is 0. The maximum atomic E-state index is 12.8. The van der Waals surface area contributed by atoms with Gasteiger partial charge in [-0.3, -0.25) is 14.4 Å². The third-order valence-corrected chi connectivity index (χ3v) is 10.9. The van der Waals surface area contributed by atoms with E-state index in [1.807, 2.05) is 0 Å². The van der Waals surface area contributed by atoms with Crippen molar-refractivity contribution in [2.75, 3.05) is 13.2 Å². The summed E-state index contributed by atoms with van der Waals surface area (Å²) in [5, 5.41) is 0. The third kappa shape index (κ3) is 49.5. The first-order valence-corrected chi connectivity index (χ1v) is 26.1. The Morgan fingerprint density at radius 1 is 0.333 bits per heavy atom. The Balaban J connectivity index is 4.50. The van der Waals surface area contributed by atoms with Crippen LogP contribution in [-0.2, 0) is 28.6 Å². The summed E-state index contributed by atoms with van der Waals surface area (Å²) in [5.41, 5.74) is 0. The summed E-state index contributed by atoms with van der Waals surface area (Å²) >= 11 is 0. The maximum Gasteiger partial charge on any atom is 0.306 e. The number of unbranched alkanes of at least 4 members (excludes halogenated alkanes) is 21. The monoisotopic (exact) mass is 877 g/mol. The molecule has 0 aliphatic heterocycles. The molecule has 0 aromatic rings. The molecule has 0 spiro atoms. The average Bonchev–Trinajstić information content (AvgIpc) is 3.28. The van der Waals surface area contributed by atoms with Crippen LogP contribution in [0, 0.1) is 0 Å². The summed E-state index contributed by atoms with van der Waals surface area (Å²) in [5.74, 6) is -0.975. The fourth-order valence-corrected chi connectivity index (χ4v) is 6.98. The Morgan fingerprint density at radius 2 is 0.635 bits per heavy atom. The van der Waals surface area contributed by atoms with Crippen molar-refractivity contribution >= 4 is 17.9 Å². The first kappa shape index (κ1) is 59.6. The first-order valence-electron chi connectivity index (χ1n) is 26.1. The lowest BCUT2D eigenvalue weighted by Gasteiger charge is -2.18. The molecule has 6 nitrogen and oxygen atoms in total. The van der Waals surface area contributed by atoms with Crippen molar-refractivity contribution in [2.24, 2.45) is 0 Å². The Labute approximate surface area is 388 Å². The highest BCUT2D eigenvalue weighted by Gasteiger charge is 2.19. The molecule has 1 atom stereocenters. The van der Waals surface area contributed by atoms with Crippen LogP contribution in [0.15, 0.2) is 85.1 Å². The fourth-order valence-electron chi connectivity index (χ4n) is 6.98. The van der Waals surface area contributed by atoms with Crippen LogP contribution in [0.2, 0.25) is 0 Å². The number of ether oxygens (including phenoxy) is 3. The molecule has 0 aromatic heterocycles. The quantitative estimate of drug-likeness (QED) is 0.0262. The van der Waals surface area contributed by atoms with Gasteiger partial charge in [0.15, 0.2) is 6.10 Å². The van der Waals surface area contributed by atoms with E-state index in [4.69, 9.17) is 14.2 Å². The van der Waals surface area contributed by atoms with Crippen molar-refractivity contribution in [2.45, 2.75) is 245 Å². The number of esters is 3. The molecule has 0 aromatic carbocycles. The van der Waals surface area contributed by atoms with Crippen molar-refractivity contribution < 1.29 is 28.6 Å². The SMILES string of the molecule is CC/C=C/C/C=C/C/C=C/CCCCCCCC(=O)O[C@@H](COC(=O)CCC/C=C/C/C=C/C/C=C/C/C=C/CCCCC)COC(=O)CCCCCCCCCCCCCCC.